The van der Waals surface area contributed by atoms with E-state index in [4.69, 9.17) is 11.6 Å². The van der Waals surface area contributed by atoms with E-state index in [1.54, 1.807) is 20.8 Å². The Bertz CT molecular complexity index is 641. The van der Waals surface area contributed by atoms with Gasteiger partial charge in [0.15, 0.2) is 8.68 Å². The summed E-state index contributed by atoms with van der Waals surface area (Å²) < 4.78 is 27.1. The maximum absolute atomic E-state index is 12.7. The summed E-state index contributed by atoms with van der Waals surface area (Å²) in [6, 6.07) is 1.97. The fourth-order valence-electron chi connectivity index (χ4n) is 1.99. The lowest BCUT2D eigenvalue weighted by molar-refractivity contribution is 0.281. The molecule has 1 aromatic rings. The molecule has 0 unspecified atom stereocenters. The van der Waals surface area contributed by atoms with Crippen molar-refractivity contribution < 1.29 is 8.42 Å². The van der Waals surface area contributed by atoms with E-state index in [2.05, 4.69) is 11.1 Å². The lowest BCUT2D eigenvalue weighted by Crippen LogP contribution is -2.48. The summed E-state index contributed by atoms with van der Waals surface area (Å²) in [6.07, 6.45) is 1.58. The molecule has 0 atom stereocenters. The van der Waals surface area contributed by atoms with E-state index in [0.717, 1.165) is 24.2 Å². The Labute approximate surface area is 121 Å². The van der Waals surface area contributed by atoms with E-state index >= 15 is 0 Å². The number of thiazole rings is 1. The monoisotopic (exact) mass is 319 g/mol. The lowest BCUT2D eigenvalue weighted by Gasteiger charge is -2.31. The van der Waals surface area contributed by atoms with Crippen LogP contribution in [0.25, 0.3) is 0 Å². The summed E-state index contributed by atoms with van der Waals surface area (Å²) in [5.74, 6) is 0. The van der Waals surface area contributed by atoms with Crippen LogP contribution in [0.1, 0.15) is 32.4 Å². The highest BCUT2D eigenvalue weighted by molar-refractivity contribution is 7.91. The number of aryl methyl sites for hydroxylation is 1. The molecule has 1 aliphatic carbocycles. The molecule has 0 aromatic carbocycles. The molecule has 1 heterocycles. The third-order valence-corrected chi connectivity index (χ3v) is 6.90. The molecule has 0 amide bonds. The van der Waals surface area contributed by atoms with Crippen molar-refractivity contribution >= 4 is 33.0 Å². The number of aromatic nitrogens is 1. The fourth-order valence-corrected chi connectivity index (χ4v) is 5.76. The Balaban J connectivity index is 2.53. The quantitative estimate of drug-likeness (QED) is 0.854. The molecular weight excluding hydrogens is 306 g/mol. The highest BCUT2D eigenvalue weighted by Gasteiger charge is 2.48. The van der Waals surface area contributed by atoms with Crippen molar-refractivity contribution in [2.45, 2.75) is 49.4 Å². The van der Waals surface area contributed by atoms with Gasteiger partial charge in [0.1, 0.15) is 5.54 Å². The van der Waals surface area contributed by atoms with Crippen molar-refractivity contribution in [3.63, 3.8) is 0 Å². The maximum Gasteiger partial charge on any atom is 0.256 e. The van der Waals surface area contributed by atoms with Gasteiger partial charge in [-0.25, -0.2) is 13.4 Å². The summed E-state index contributed by atoms with van der Waals surface area (Å²) in [5, 5.41) is 9.23. The molecule has 0 spiro atoms. The van der Waals surface area contributed by atoms with Gasteiger partial charge in [-0.15, -0.1) is 0 Å². The number of nitriles is 1. The average Bonchev–Trinajstić information content (AvgIpc) is 3.03. The zero-order valence-corrected chi connectivity index (χ0v) is 13.2. The lowest BCUT2D eigenvalue weighted by atomic mass is 10.1. The highest BCUT2D eigenvalue weighted by Crippen LogP contribution is 2.40. The summed E-state index contributed by atoms with van der Waals surface area (Å²) in [6.45, 7) is 4.83. The zero-order valence-electron chi connectivity index (χ0n) is 10.8. The average molecular weight is 320 g/mol. The SMILES string of the molecule is Cc1nc(Cl)sc1S(=O)(=O)N(C1CC1)C(C)(C)C#N. The van der Waals surface area contributed by atoms with Crippen LogP contribution in [-0.4, -0.2) is 29.3 Å². The van der Waals surface area contributed by atoms with Gasteiger partial charge in [-0.05, 0) is 33.6 Å². The van der Waals surface area contributed by atoms with Crippen molar-refractivity contribution in [1.82, 2.24) is 9.29 Å². The van der Waals surface area contributed by atoms with Crippen molar-refractivity contribution in [3.8, 4) is 6.07 Å². The van der Waals surface area contributed by atoms with E-state index < -0.39 is 15.6 Å². The zero-order chi connectivity index (χ0) is 14.4. The second-order valence-electron chi connectivity index (χ2n) is 5.04. The number of rotatable bonds is 4. The molecule has 2 rings (SSSR count). The second-order valence-corrected chi connectivity index (χ2v) is 8.63. The standard InChI is InChI=1S/C11H14ClN3O2S2/c1-7-9(18-10(12)14-7)19(16,17)15(8-4-5-8)11(2,3)6-13/h8H,4-5H2,1-3H3. The first-order valence-corrected chi connectivity index (χ1v) is 8.42. The number of nitrogens with zero attached hydrogens (tertiary/aromatic N) is 3. The van der Waals surface area contributed by atoms with Crippen LogP contribution < -0.4 is 0 Å². The molecule has 5 nitrogen and oxygen atoms in total. The largest absolute Gasteiger partial charge is 0.256 e. The highest BCUT2D eigenvalue weighted by atomic mass is 35.5. The van der Waals surface area contributed by atoms with E-state index in [1.807, 2.05) is 0 Å². The second kappa shape index (κ2) is 4.70. The van der Waals surface area contributed by atoms with Crippen molar-refractivity contribution in [2.24, 2.45) is 0 Å². The predicted octanol–water partition coefficient (Wildman–Crippen LogP) is 2.56. The van der Waals surface area contributed by atoms with Crippen LogP contribution >= 0.6 is 22.9 Å². The molecule has 0 N–H and O–H groups in total. The molecule has 1 fully saturated rings. The molecule has 19 heavy (non-hydrogen) atoms. The van der Waals surface area contributed by atoms with E-state index in [0.29, 0.717) is 5.69 Å². The van der Waals surface area contributed by atoms with Gasteiger partial charge in [-0.1, -0.05) is 22.9 Å². The number of hydrogen-bond acceptors (Lipinski definition) is 5. The molecule has 1 saturated carbocycles. The summed E-state index contributed by atoms with van der Waals surface area (Å²) in [5.41, 5.74) is -0.697. The van der Waals surface area contributed by atoms with Crippen LogP contribution in [0.4, 0.5) is 0 Å². The normalized spacial score (nSPS) is 16.6. The third-order valence-electron chi connectivity index (χ3n) is 2.92. The number of halogens is 1. The van der Waals surface area contributed by atoms with Gasteiger partial charge in [0.2, 0.25) is 0 Å². The Morgan fingerprint density at radius 1 is 1.53 bits per heavy atom. The van der Waals surface area contributed by atoms with Crippen molar-refractivity contribution in [2.75, 3.05) is 0 Å². The summed E-state index contributed by atoms with van der Waals surface area (Å²) >= 11 is 6.72. The fraction of sp³-hybridized carbons (Fsp3) is 0.636. The first-order valence-electron chi connectivity index (χ1n) is 5.79. The Morgan fingerprint density at radius 3 is 2.47 bits per heavy atom. The van der Waals surface area contributed by atoms with Crippen molar-refractivity contribution in [3.05, 3.63) is 10.2 Å². The van der Waals surface area contributed by atoms with Crippen LogP contribution in [0.3, 0.4) is 0 Å². The van der Waals surface area contributed by atoms with Crippen LogP contribution in [-0.2, 0) is 10.0 Å². The topological polar surface area (TPSA) is 74.1 Å². The molecule has 104 valence electrons. The molecule has 0 radical (unpaired) electrons. The Morgan fingerprint density at radius 2 is 2.11 bits per heavy atom. The van der Waals surface area contributed by atoms with Gasteiger partial charge in [-0.3, -0.25) is 0 Å². The molecule has 0 bridgehead atoms. The molecule has 1 aromatic heterocycles. The smallest absolute Gasteiger partial charge is 0.229 e. The first-order chi connectivity index (χ1) is 8.70. The minimum Gasteiger partial charge on any atom is -0.229 e. The number of hydrogen-bond donors (Lipinski definition) is 0. The summed E-state index contributed by atoms with van der Waals surface area (Å²) in [7, 11) is -3.74. The molecular formula is C11H14ClN3O2S2. The van der Waals surface area contributed by atoms with Gasteiger partial charge < -0.3 is 0 Å². The van der Waals surface area contributed by atoms with Gasteiger partial charge in [-0.2, -0.15) is 9.57 Å². The molecule has 0 aliphatic heterocycles. The minimum atomic E-state index is -3.74. The first kappa shape index (κ1) is 14.7. The molecule has 1 aliphatic rings. The van der Waals surface area contributed by atoms with E-state index in [9.17, 15) is 13.7 Å². The summed E-state index contributed by atoms with van der Waals surface area (Å²) in [4.78, 5) is 3.94. The van der Waals surface area contributed by atoms with Gasteiger partial charge in [0, 0.05) is 6.04 Å². The van der Waals surface area contributed by atoms with Crippen LogP contribution in [0.15, 0.2) is 4.21 Å². The van der Waals surface area contributed by atoms with Gasteiger partial charge >= 0.3 is 0 Å². The predicted molar refractivity (Wildman–Crippen MR) is 73.6 cm³/mol. The maximum atomic E-state index is 12.7. The number of sulfonamides is 1. The Hall–Kier alpha value is -0.680. The third kappa shape index (κ3) is 2.63. The minimum absolute atomic E-state index is 0.0973. The molecule has 0 saturated heterocycles. The van der Waals surface area contributed by atoms with Crippen LogP contribution in [0.2, 0.25) is 4.47 Å². The van der Waals surface area contributed by atoms with Gasteiger partial charge in [0.05, 0.1) is 11.8 Å². The van der Waals surface area contributed by atoms with E-state index in [1.165, 1.54) is 4.31 Å². The van der Waals surface area contributed by atoms with E-state index in [-0.39, 0.29) is 14.7 Å². The van der Waals surface area contributed by atoms with Crippen molar-refractivity contribution in [1.29, 1.82) is 5.26 Å². The Kier molecular flexibility index (Phi) is 3.64. The molecule has 8 heteroatoms. The van der Waals surface area contributed by atoms with Crippen LogP contribution in [0.5, 0.6) is 0 Å². The van der Waals surface area contributed by atoms with Gasteiger partial charge in [0.25, 0.3) is 10.0 Å². The van der Waals surface area contributed by atoms with Crippen LogP contribution in [0, 0.1) is 18.3 Å².